The molecule has 0 aromatic heterocycles. The van der Waals surface area contributed by atoms with Crippen LogP contribution in [0.5, 0.6) is 0 Å². The molecule has 3 heteroatoms. The normalized spacial score (nSPS) is 24.4. The predicted octanol–water partition coefficient (Wildman–Crippen LogP) is 2.10. The molecule has 0 amide bonds. The van der Waals surface area contributed by atoms with Crippen molar-refractivity contribution in [3.8, 4) is 0 Å². The van der Waals surface area contributed by atoms with E-state index in [-0.39, 0.29) is 6.04 Å². The van der Waals surface area contributed by atoms with Crippen LogP contribution < -0.4 is 5.73 Å². The Morgan fingerprint density at radius 3 is 2.63 bits per heavy atom. The van der Waals surface area contributed by atoms with Crippen LogP contribution in [0.25, 0.3) is 0 Å². The lowest BCUT2D eigenvalue weighted by molar-refractivity contribution is 0.0943. The van der Waals surface area contributed by atoms with Crippen LogP contribution in [0.4, 0.5) is 0 Å². The highest BCUT2D eigenvalue weighted by atomic mass is 15.2. The number of likely N-dealkylation sites (N-methyl/N-ethyl adjacent to an activating group) is 2. The number of rotatable bonds is 4. The Labute approximate surface area is 117 Å². The number of nitrogens with two attached hydrogens (primary N) is 1. The summed E-state index contributed by atoms with van der Waals surface area (Å²) in [7, 11) is 4.43. The Morgan fingerprint density at radius 2 is 2.00 bits per heavy atom. The van der Waals surface area contributed by atoms with E-state index in [1.54, 1.807) is 0 Å². The monoisotopic (exact) mass is 261 g/mol. The molecule has 0 saturated carbocycles. The number of piperidine rings is 1. The van der Waals surface area contributed by atoms with Crippen molar-refractivity contribution >= 4 is 0 Å². The van der Waals surface area contributed by atoms with Crippen molar-refractivity contribution in [2.45, 2.75) is 37.9 Å². The van der Waals surface area contributed by atoms with Gasteiger partial charge in [-0.1, -0.05) is 30.3 Å². The SMILES string of the molecule is CC(C(N)c1ccccc1)N(C)C1CCCN(C)C1. The Kier molecular flexibility index (Phi) is 4.97. The molecule has 106 valence electrons. The van der Waals surface area contributed by atoms with Crippen LogP contribution in [0.1, 0.15) is 31.4 Å². The Hall–Kier alpha value is -0.900. The van der Waals surface area contributed by atoms with Crippen molar-refractivity contribution in [2.24, 2.45) is 5.73 Å². The smallest absolute Gasteiger partial charge is 0.0450 e. The molecule has 19 heavy (non-hydrogen) atoms. The van der Waals surface area contributed by atoms with E-state index >= 15 is 0 Å². The molecule has 2 rings (SSSR count). The van der Waals surface area contributed by atoms with Crippen molar-refractivity contribution in [1.82, 2.24) is 9.80 Å². The van der Waals surface area contributed by atoms with Crippen LogP contribution in [0.15, 0.2) is 30.3 Å². The van der Waals surface area contributed by atoms with Gasteiger partial charge in [-0.05, 0) is 46.0 Å². The number of hydrogen-bond acceptors (Lipinski definition) is 3. The van der Waals surface area contributed by atoms with E-state index in [2.05, 4.69) is 55.1 Å². The summed E-state index contributed by atoms with van der Waals surface area (Å²) in [4.78, 5) is 4.89. The molecule has 1 aromatic carbocycles. The highest BCUT2D eigenvalue weighted by Crippen LogP contribution is 2.22. The zero-order valence-electron chi connectivity index (χ0n) is 12.4. The second-order valence-corrected chi connectivity index (χ2v) is 5.90. The first-order chi connectivity index (χ1) is 9.09. The first-order valence-corrected chi connectivity index (χ1v) is 7.30. The third kappa shape index (κ3) is 3.56. The van der Waals surface area contributed by atoms with Crippen LogP contribution in [0, 0.1) is 0 Å². The standard InChI is InChI=1S/C16H27N3/c1-13(16(17)14-8-5-4-6-9-14)19(3)15-10-7-11-18(2)12-15/h4-6,8-9,13,15-16H,7,10-12,17H2,1-3H3. The molecule has 1 aliphatic heterocycles. The maximum Gasteiger partial charge on any atom is 0.0450 e. The van der Waals surface area contributed by atoms with Gasteiger partial charge in [-0.3, -0.25) is 4.90 Å². The lowest BCUT2D eigenvalue weighted by Gasteiger charge is -2.40. The minimum atomic E-state index is 0.0819. The van der Waals surface area contributed by atoms with Gasteiger partial charge in [0.15, 0.2) is 0 Å². The Bertz CT molecular complexity index is 379. The first kappa shape index (κ1) is 14.5. The second-order valence-electron chi connectivity index (χ2n) is 5.90. The molecule has 0 spiro atoms. The second kappa shape index (κ2) is 6.51. The zero-order chi connectivity index (χ0) is 13.8. The maximum atomic E-state index is 6.43. The van der Waals surface area contributed by atoms with Crippen LogP contribution >= 0.6 is 0 Å². The third-order valence-electron chi connectivity index (χ3n) is 4.52. The highest BCUT2D eigenvalue weighted by molar-refractivity contribution is 5.20. The molecular formula is C16H27N3. The lowest BCUT2D eigenvalue weighted by atomic mass is 9.97. The minimum absolute atomic E-state index is 0.0819. The fraction of sp³-hybridized carbons (Fsp3) is 0.625. The van der Waals surface area contributed by atoms with Gasteiger partial charge in [0.2, 0.25) is 0 Å². The van der Waals surface area contributed by atoms with Crippen molar-refractivity contribution < 1.29 is 0 Å². The van der Waals surface area contributed by atoms with Gasteiger partial charge in [-0.15, -0.1) is 0 Å². The molecular weight excluding hydrogens is 234 g/mol. The molecule has 1 saturated heterocycles. The number of benzene rings is 1. The average molecular weight is 261 g/mol. The molecule has 0 bridgehead atoms. The Balaban J connectivity index is 2.00. The summed E-state index contributed by atoms with van der Waals surface area (Å²) in [5.74, 6) is 0. The molecule has 1 fully saturated rings. The zero-order valence-corrected chi connectivity index (χ0v) is 12.4. The average Bonchev–Trinajstić information content (AvgIpc) is 2.46. The van der Waals surface area contributed by atoms with E-state index in [1.807, 2.05) is 6.07 Å². The largest absolute Gasteiger partial charge is 0.323 e. The molecule has 1 aromatic rings. The van der Waals surface area contributed by atoms with Gasteiger partial charge in [-0.25, -0.2) is 0 Å². The topological polar surface area (TPSA) is 32.5 Å². The van der Waals surface area contributed by atoms with Crippen molar-refractivity contribution in [1.29, 1.82) is 0 Å². The first-order valence-electron chi connectivity index (χ1n) is 7.30. The highest BCUT2D eigenvalue weighted by Gasteiger charge is 2.27. The van der Waals surface area contributed by atoms with Gasteiger partial charge >= 0.3 is 0 Å². The van der Waals surface area contributed by atoms with Gasteiger partial charge in [0.05, 0.1) is 0 Å². The quantitative estimate of drug-likeness (QED) is 0.901. The van der Waals surface area contributed by atoms with Crippen LogP contribution in [-0.2, 0) is 0 Å². The van der Waals surface area contributed by atoms with Crippen molar-refractivity contribution in [3.63, 3.8) is 0 Å². The molecule has 1 heterocycles. The number of nitrogens with zero attached hydrogens (tertiary/aromatic N) is 2. The summed E-state index contributed by atoms with van der Waals surface area (Å²) in [6.45, 7) is 4.62. The van der Waals surface area contributed by atoms with Crippen LogP contribution in [0.3, 0.4) is 0 Å². The van der Waals surface area contributed by atoms with Crippen molar-refractivity contribution in [3.05, 3.63) is 35.9 Å². The molecule has 0 aliphatic carbocycles. The summed E-state index contributed by atoms with van der Waals surface area (Å²) < 4.78 is 0. The summed E-state index contributed by atoms with van der Waals surface area (Å²) in [6, 6.07) is 11.5. The Morgan fingerprint density at radius 1 is 1.32 bits per heavy atom. The van der Waals surface area contributed by atoms with Gasteiger partial charge < -0.3 is 10.6 Å². The number of likely N-dealkylation sites (tertiary alicyclic amines) is 1. The molecule has 2 N–H and O–H groups in total. The minimum Gasteiger partial charge on any atom is -0.323 e. The van der Waals surface area contributed by atoms with E-state index in [9.17, 15) is 0 Å². The lowest BCUT2D eigenvalue weighted by Crippen LogP contribution is -2.50. The van der Waals surface area contributed by atoms with Crippen LogP contribution in [0.2, 0.25) is 0 Å². The van der Waals surface area contributed by atoms with E-state index in [1.165, 1.54) is 24.9 Å². The van der Waals surface area contributed by atoms with E-state index in [0.717, 1.165) is 6.54 Å². The molecule has 3 nitrogen and oxygen atoms in total. The fourth-order valence-electron chi connectivity index (χ4n) is 3.01. The van der Waals surface area contributed by atoms with Crippen LogP contribution in [-0.4, -0.2) is 49.1 Å². The van der Waals surface area contributed by atoms with Gasteiger partial charge in [0.25, 0.3) is 0 Å². The van der Waals surface area contributed by atoms with Gasteiger partial charge in [0, 0.05) is 24.7 Å². The van der Waals surface area contributed by atoms with Gasteiger partial charge in [0.1, 0.15) is 0 Å². The third-order valence-corrected chi connectivity index (χ3v) is 4.52. The molecule has 3 atom stereocenters. The van der Waals surface area contributed by atoms with Crippen molar-refractivity contribution in [2.75, 3.05) is 27.2 Å². The summed E-state index contributed by atoms with van der Waals surface area (Å²) >= 11 is 0. The molecule has 0 radical (unpaired) electrons. The van der Waals surface area contributed by atoms with E-state index < -0.39 is 0 Å². The molecule has 1 aliphatic rings. The summed E-state index contributed by atoms with van der Waals surface area (Å²) in [5, 5.41) is 0. The van der Waals surface area contributed by atoms with Gasteiger partial charge in [-0.2, -0.15) is 0 Å². The number of hydrogen-bond donors (Lipinski definition) is 1. The summed E-state index contributed by atoms with van der Waals surface area (Å²) in [5.41, 5.74) is 7.65. The fourth-order valence-corrected chi connectivity index (χ4v) is 3.01. The van der Waals surface area contributed by atoms with E-state index in [0.29, 0.717) is 12.1 Å². The molecule has 3 unspecified atom stereocenters. The maximum absolute atomic E-state index is 6.43. The van der Waals surface area contributed by atoms with E-state index in [4.69, 9.17) is 5.73 Å². The predicted molar refractivity (Wildman–Crippen MR) is 81.1 cm³/mol. The summed E-state index contributed by atoms with van der Waals surface area (Å²) in [6.07, 6.45) is 2.57.